The monoisotopic (exact) mass is 461 g/mol. The maximum absolute atomic E-state index is 13.7. The van der Waals surface area contributed by atoms with Gasteiger partial charge in [0.15, 0.2) is 30.4 Å². The van der Waals surface area contributed by atoms with Crippen LogP contribution in [0.15, 0.2) is 59.7 Å². The van der Waals surface area contributed by atoms with Crippen LogP contribution in [-0.4, -0.2) is 33.9 Å². The molecule has 0 aliphatic carbocycles. The number of H-pyrrole nitrogens is 1. The third-order valence-electron chi connectivity index (χ3n) is 5.93. The Labute approximate surface area is 197 Å². The molecule has 1 aromatic carbocycles. The Hall–Kier alpha value is -4.01. The average molecular weight is 462 g/mol. The molecule has 3 N–H and O–H groups in total. The molecule has 2 unspecified atom stereocenters. The Bertz CT molecular complexity index is 1270. The van der Waals surface area contributed by atoms with E-state index in [0.717, 1.165) is 5.56 Å². The highest BCUT2D eigenvalue weighted by molar-refractivity contribution is 6.08. The maximum atomic E-state index is 13.7. The first-order valence-corrected chi connectivity index (χ1v) is 11.3. The lowest BCUT2D eigenvalue weighted by molar-refractivity contribution is -0.688. The third kappa shape index (κ3) is 4.68. The predicted octanol–water partition coefficient (Wildman–Crippen LogP) is 2.55. The molecule has 3 heterocycles. The molecule has 9 nitrogen and oxygen atoms in total. The fourth-order valence-corrected chi connectivity index (χ4v) is 3.84. The minimum absolute atomic E-state index is 0.0458. The van der Waals surface area contributed by atoms with Gasteiger partial charge in [0.05, 0.1) is 6.04 Å². The van der Waals surface area contributed by atoms with Crippen LogP contribution in [0.2, 0.25) is 0 Å². The maximum Gasteiger partial charge on any atom is 0.278 e. The second kappa shape index (κ2) is 9.46. The standard InChI is InChI=1S/C25H28N6O3/c1-15(2)22(32)28-25-27-21-20(23(33)29-25)31(17(4)16(3)26-21)24(34)19-11-8-12-30(14-19)13-18-9-6-5-7-10-18/h5-12,14-17H,13H2,1-4H3,(H2-,26,27,28,29,32,33)/p+1. The topological polar surface area (TPSA) is 111 Å². The van der Waals surface area contributed by atoms with Crippen molar-refractivity contribution in [3.8, 4) is 0 Å². The lowest BCUT2D eigenvalue weighted by Crippen LogP contribution is -2.53. The number of rotatable bonds is 5. The van der Waals surface area contributed by atoms with Crippen LogP contribution in [0, 0.1) is 5.92 Å². The van der Waals surface area contributed by atoms with Gasteiger partial charge in [-0.05, 0) is 19.9 Å². The van der Waals surface area contributed by atoms with Crippen molar-refractivity contribution in [3.63, 3.8) is 0 Å². The molecule has 0 saturated heterocycles. The van der Waals surface area contributed by atoms with E-state index in [4.69, 9.17) is 0 Å². The molecule has 2 amide bonds. The fourth-order valence-electron chi connectivity index (χ4n) is 3.84. The zero-order valence-corrected chi connectivity index (χ0v) is 19.7. The Morgan fingerprint density at radius 2 is 1.88 bits per heavy atom. The van der Waals surface area contributed by atoms with Gasteiger partial charge in [-0.2, -0.15) is 9.55 Å². The van der Waals surface area contributed by atoms with E-state index in [0.29, 0.717) is 12.1 Å². The molecule has 0 spiro atoms. The molecule has 2 atom stereocenters. The van der Waals surface area contributed by atoms with Crippen LogP contribution in [0.1, 0.15) is 43.6 Å². The SMILES string of the molecule is CC(C)C(=O)Nc1nc2c(c(=O)[nH]1)N(C(=O)c1ccc[n+](Cc3ccccc3)c1)C(C)C(C)N2. The number of hydrogen-bond acceptors (Lipinski definition) is 5. The van der Waals surface area contributed by atoms with Crippen molar-refractivity contribution < 1.29 is 14.2 Å². The number of carbonyl (C=O) groups is 2. The van der Waals surface area contributed by atoms with Crippen molar-refractivity contribution in [1.82, 2.24) is 9.97 Å². The van der Waals surface area contributed by atoms with Crippen molar-refractivity contribution in [2.45, 2.75) is 46.3 Å². The zero-order chi connectivity index (χ0) is 24.4. The lowest BCUT2D eigenvalue weighted by Gasteiger charge is -2.38. The van der Waals surface area contributed by atoms with Gasteiger partial charge in [-0.3, -0.25) is 29.6 Å². The quantitative estimate of drug-likeness (QED) is 0.506. The molecule has 3 aromatic rings. The van der Waals surface area contributed by atoms with Crippen LogP contribution >= 0.6 is 0 Å². The molecule has 2 aromatic heterocycles. The molecule has 0 fully saturated rings. The van der Waals surface area contributed by atoms with E-state index < -0.39 is 5.56 Å². The summed E-state index contributed by atoms with van der Waals surface area (Å²) in [7, 11) is 0. The van der Waals surface area contributed by atoms with Gasteiger partial charge >= 0.3 is 0 Å². The number of anilines is 3. The van der Waals surface area contributed by atoms with Gasteiger partial charge in [0.25, 0.3) is 11.5 Å². The van der Waals surface area contributed by atoms with E-state index >= 15 is 0 Å². The van der Waals surface area contributed by atoms with E-state index in [2.05, 4.69) is 20.6 Å². The number of aromatic nitrogens is 3. The Morgan fingerprint density at radius 1 is 1.15 bits per heavy atom. The van der Waals surface area contributed by atoms with Crippen molar-refractivity contribution >= 4 is 29.3 Å². The van der Waals surface area contributed by atoms with E-state index in [1.165, 1.54) is 4.90 Å². The third-order valence-corrected chi connectivity index (χ3v) is 5.93. The normalized spacial score (nSPS) is 17.1. The van der Waals surface area contributed by atoms with Gasteiger partial charge < -0.3 is 5.32 Å². The first kappa shape index (κ1) is 23.2. The minimum Gasteiger partial charge on any atom is -0.364 e. The molecular weight excluding hydrogens is 432 g/mol. The average Bonchev–Trinajstić information content (AvgIpc) is 2.80. The number of nitrogens with one attached hydrogen (secondary N) is 3. The van der Waals surface area contributed by atoms with Gasteiger partial charge in [0.2, 0.25) is 11.9 Å². The van der Waals surface area contributed by atoms with Crippen molar-refractivity contribution in [1.29, 1.82) is 0 Å². The summed E-state index contributed by atoms with van der Waals surface area (Å²) in [5.74, 6) is -0.525. The van der Waals surface area contributed by atoms with Crippen LogP contribution in [0.3, 0.4) is 0 Å². The van der Waals surface area contributed by atoms with Gasteiger partial charge in [-0.15, -0.1) is 0 Å². The zero-order valence-electron chi connectivity index (χ0n) is 19.7. The summed E-state index contributed by atoms with van der Waals surface area (Å²) in [6.45, 7) is 7.92. The summed E-state index contributed by atoms with van der Waals surface area (Å²) >= 11 is 0. The highest BCUT2D eigenvalue weighted by Gasteiger charge is 2.37. The fraction of sp³-hybridized carbons (Fsp3) is 0.320. The minimum atomic E-state index is -0.503. The lowest BCUT2D eigenvalue weighted by atomic mass is 10.0. The Kier molecular flexibility index (Phi) is 6.45. The first-order chi connectivity index (χ1) is 16.2. The summed E-state index contributed by atoms with van der Waals surface area (Å²) in [5.41, 5.74) is 1.21. The van der Waals surface area contributed by atoms with E-state index in [-0.39, 0.29) is 47.3 Å². The Morgan fingerprint density at radius 3 is 2.59 bits per heavy atom. The van der Waals surface area contributed by atoms with Gasteiger partial charge in [-0.1, -0.05) is 44.2 Å². The molecule has 176 valence electrons. The summed E-state index contributed by atoms with van der Waals surface area (Å²) in [5, 5.41) is 5.80. The van der Waals surface area contributed by atoms with Crippen LogP contribution in [0.4, 0.5) is 17.5 Å². The number of benzene rings is 1. The molecule has 4 rings (SSSR count). The largest absolute Gasteiger partial charge is 0.364 e. The summed E-state index contributed by atoms with van der Waals surface area (Å²) in [4.78, 5) is 47.3. The number of hydrogen-bond donors (Lipinski definition) is 3. The number of pyridine rings is 1. The highest BCUT2D eigenvalue weighted by Crippen LogP contribution is 2.31. The molecule has 0 saturated carbocycles. The van der Waals surface area contributed by atoms with E-state index in [1.807, 2.05) is 61.0 Å². The van der Waals surface area contributed by atoms with E-state index in [1.54, 1.807) is 26.1 Å². The molecule has 1 aliphatic rings. The molecule has 0 radical (unpaired) electrons. The smallest absolute Gasteiger partial charge is 0.278 e. The summed E-state index contributed by atoms with van der Waals surface area (Å²) in [6.07, 6.45) is 3.69. The van der Waals surface area contributed by atoms with Crippen LogP contribution in [-0.2, 0) is 11.3 Å². The number of carbonyl (C=O) groups excluding carboxylic acids is 2. The van der Waals surface area contributed by atoms with Crippen molar-refractivity contribution in [3.05, 3.63) is 76.3 Å². The van der Waals surface area contributed by atoms with Crippen molar-refractivity contribution in [2.24, 2.45) is 5.92 Å². The summed E-state index contributed by atoms with van der Waals surface area (Å²) < 4.78 is 1.94. The van der Waals surface area contributed by atoms with Gasteiger partial charge in [0, 0.05) is 23.6 Å². The molecule has 1 aliphatic heterocycles. The molecular formula is C25H29N6O3+. The van der Waals surface area contributed by atoms with Gasteiger partial charge in [-0.25, -0.2) is 0 Å². The first-order valence-electron chi connectivity index (χ1n) is 11.3. The van der Waals surface area contributed by atoms with Gasteiger partial charge in [0.1, 0.15) is 5.56 Å². The van der Waals surface area contributed by atoms with Crippen LogP contribution < -0.4 is 25.7 Å². The number of amides is 2. The number of fused-ring (bicyclic) bond motifs is 1. The summed E-state index contributed by atoms with van der Waals surface area (Å²) in [6, 6.07) is 13.1. The van der Waals surface area contributed by atoms with Crippen LogP contribution in [0.5, 0.6) is 0 Å². The van der Waals surface area contributed by atoms with E-state index in [9.17, 15) is 14.4 Å². The molecule has 34 heavy (non-hydrogen) atoms. The van der Waals surface area contributed by atoms with Crippen molar-refractivity contribution in [2.75, 3.05) is 15.5 Å². The second-order valence-electron chi connectivity index (χ2n) is 8.86. The van der Waals surface area contributed by atoms with Crippen LogP contribution in [0.25, 0.3) is 0 Å². The second-order valence-corrected chi connectivity index (χ2v) is 8.86. The molecule has 9 heteroatoms. The Balaban J connectivity index is 1.68. The predicted molar refractivity (Wildman–Crippen MR) is 130 cm³/mol. The number of nitrogens with zero attached hydrogens (tertiary/aromatic N) is 3. The molecule has 0 bridgehead atoms. The number of aromatic amines is 1. The highest BCUT2D eigenvalue weighted by atomic mass is 16.2.